The van der Waals surface area contributed by atoms with Crippen LogP contribution in [0, 0.1) is 13.8 Å². The maximum Gasteiger partial charge on any atom is 0.238 e. The molecule has 0 spiro atoms. The third-order valence-electron chi connectivity index (χ3n) is 5.90. The lowest BCUT2D eigenvalue weighted by Gasteiger charge is -2.34. The van der Waals surface area contributed by atoms with E-state index in [1.165, 1.54) is 11.1 Å². The number of carbonyl (C=O) groups excluding carboxylic acids is 2. The van der Waals surface area contributed by atoms with E-state index in [1.807, 2.05) is 57.1 Å². The van der Waals surface area contributed by atoms with Crippen LogP contribution in [-0.2, 0) is 16.0 Å². The van der Waals surface area contributed by atoms with Gasteiger partial charge >= 0.3 is 0 Å². The van der Waals surface area contributed by atoms with Gasteiger partial charge in [-0.15, -0.1) is 0 Å². The van der Waals surface area contributed by atoms with Crippen LogP contribution < -0.4 is 5.32 Å². The zero-order chi connectivity index (χ0) is 21.0. The van der Waals surface area contributed by atoms with Crippen LogP contribution >= 0.6 is 0 Å². The Morgan fingerprint density at radius 3 is 2.59 bits per heavy atom. The fourth-order valence-corrected chi connectivity index (χ4v) is 4.02. The summed E-state index contributed by atoms with van der Waals surface area (Å²) < 4.78 is 0. The molecule has 1 aliphatic rings. The molecule has 0 radical (unpaired) electrons. The molecular weight excluding hydrogens is 362 g/mol. The van der Waals surface area contributed by atoms with Gasteiger partial charge in [0.2, 0.25) is 11.8 Å². The molecule has 0 aromatic heterocycles. The third kappa shape index (κ3) is 5.04. The van der Waals surface area contributed by atoms with Crippen molar-refractivity contribution < 1.29 is 9.59 Å². The van der Waals surface area contributed by atoms with Gasteiger partial charge in [-0.2, -0.15) is 0 Å². The Kier molecular flexibility index (Phi) is 6.70. The van der Waals surface area contributed by atoms with Crippen molar-refractivity contribution in [3.05, 3.63) is 64.7 Å². The fourth-order valence-electron chi connectivity index (χ4n) is 4.02. The monoisotopic (exact) mass is 393 g/mol. The summed E-state index contributed by atoms with van der Waals surface area (Å²) >= 11 is 0. The molecule has 0 unspecified atom stereocenters. The zero-order valence-corrected chi connectivity index (χ0v) is 17.9. The molecule has 0 heterocycles. The first-order valence-electron chi connectivity index (χ1n) is 10.2. The van der Waals surface area contributed by atoms with Crippen LogP contribution in [0.15, 0.2) is 42.5 Å². The highest BCUT2D eigenvalue weighted by atomic mass is 16.2. The third-order valence-corrected chi connectivity index (χ3v) is 5.90. The van der Waals surface area contributed by atoms with Crippen LogP contribution in [0.5, 0.6) is 0 Å². The van der Waals surface area contributed by atoms with Crippen molar-refractivity contribution in [2.24, 2.45) is 0 Å². The summed E-state index contributed by atoms with van der Waals surface area (Å²) in [5.41, 5.74) is 5.62. The first-order chi connectivity index (χ1) is 13.9. The number of carbonyl (C=O) groups is 2. The van der Waals surface area contributed by atoms with E-state index in [-0.39, 0.29) is 30.9 Å². The number of rotatable bonds is 6. The molecular formula is C24H31N3O2. The van der Waals surface area contributed by atoms with E-state index in [0.29, 0.717) is 0 Å². The smallest absolute Gasteiger partial charge is 0.238 e. The van der Waals surface area contributed by atoms with Crippen molar-refractivity contribution in [1.82, 2.24) is 9.80 Å². The molecule has 1 aliphatic carbocycles. The maximum absolute atomic E-state index is 12.9. The van der Waals surface area contributed by atoms with Crippen LogP contribution in [0.3, 0.4) is 0 Å². The number of hydrogen-bond donors (Lipinski definition) is 1. The number of amides is 2. The Labute approximate surface area is 173 Å². The largest absolute Gasteiger partial charge is 0.338 e. The number of aryl methyl sites for hydroxylation is 2. The predicted molar refractivity (Wildman–Crippen MR) is 117 cm³/mol. The molecule has 1 atom stereocenters. The average molecular weight is 394 g/mol. The van der Waals surface area contributed by atoms with E-state index < -0.39 is 0 Å². The van der Waals surface area contributed by atoms with Gasteiger partial charge in [-0.05, 0) is 68.5 Å². The van der Waals surface area contributed by atoms with E-state index in [1.54, 1.807) is 4.90 Å². The van der Waals surface area contributed by atoms with Crippen LogP contribution in [0.25, 0.3) is 0 Å². The summed E-state index contributed by atoms with van der Waals surface area (Å²) in [6.07, 6.45) is 3.15. The molecule has 2 aromatic rings. The number of likely N-dealkylation sites (N-methyl/N-ethyl adjacent to an activating group) is 2. The van der Waals surface area contributed by atoms with Gasteiger partial charge in [-0.25, -0.2) is 0 Å². The average Bonchev–Trinajstić information content (AvgIpc) is 2.70. The van der Waals surface area contributed by atoms with E-state index in [0.717, 1.165) is 36.1 Å². The molecule has 2 amide bonds. The van der Waals surface area contributed by atoms with E-state index in [9.17, 15) is 9.59 Å². The number of benzene rings is 2. The molecule has 154 valence electrons. The Bertz CT molecular complexity index is 893. The minimum absolute atomic E-state index is 0.0359. The highest BCUT2D eigenvalue weighted by Gasteiger charge is 2.27. The number of nitrogens with one attached hydrogen (secondary N) is 1. The first-order valence-corrected chi connectivity index (χ1v) is 10.2. The summed E-state index contributed by atoms with van der Waals surface area (Å²) in [6, 6.07) is 14.4. The number of fused-ring (bicyclic) bond motifs is 1. The minimum Gasteiger partial charge on any atom is -0.338 e. The SMILES string of the molecule is Cc1cccc(NC(=O)CN(C)CC(=O)N(C)[C@H]2CCCc3ccccc32)c1C. The van der Waals surface area contributed by atoms with Crippen LogP contribution in [0.4, 0.5) is 5.69 Å². The molecule has 2 aromatic carbocycles. The normalized spacial score (nSPS) is 15.7. The molecule has 1 N–H and O–H groups in total. The Morgan fingerprint density at radius 1 is 1.03 bits per heavy atom. The lowest BCUT2D eigenvalue weighted by molar-refractivity contribution is -0.133. The summed E-state index contributed by atoms with van der Waals surface area (Å²) in [5, 5.41) is 2.96. The number of nitrogens with zero attached hydrogens (tertiary/aromatic N) is 2. The predicted octanol–water partition coefficient (Wildman–Crippen LogP) is 3.71. The second-order valence-corrected chi connectivity index (χ2v) is 8.08. The van der Waals surface area contributed by atoms with Crippen molar-refractivity contribution >= 4 is 17.5 Å². The van der Waals surface area contributed by atoms with Crippen LogP contribution in [0.1, 0.15) is 41.1 Å². The van der Waals surface area contributed by atoms with Gasteiger partial charge in [0.1, 0.15) is 0 Å². The van der Waals surface area contributed by atoms with Gasteiger partial charge in [0, 0.05) is 12.7 Å². The van der Waals surface area contributed by atoms with E-state index in [4.69, 9.17) is 0 Å². The maximum atomic E-state index is 12.9. The quantitative estimate of drug-likeness (QED) is 0.814. The summed E-state index contributed by atoms with van der Waals surface area (Å²) in [4.78, 5) is 28.9. The molecule has 5 nitrogen and oxygen atoms in total. The van der Waals surface area contributed by atoms with Gasteiger partial charge in [0.15, 0.2) is 0 Å². The highest BCUT2D eigenvalue weighted by molar-refractivity contribution is 5.93. The van der Waals surface area contributed by atoms with Gasteiger partial charge in [-0.1, -0.05) is 36.4 Å². The second-order valence-electron chi connectivity index (χ2n) is 8.08. The molecule has 0 fully saturated rings. The van der Waals surface area contributed by atoms with Crippen molar-refractivity contribution in [3.63, 3.8) is 0 Å². The summed E-state index contributed by atoms with van der Waals surface area (Å²) in [5.74, 6) is -0.0756. The highest BCUT2D eigenvalue weighted by Crippen LogP contribution is 2.33. The standard InChI is InChI=1S/C24H31N3O2/c1-17-9-7-13-21(18(17)2)25-23(28)15-26(3)16-24(29)27(4)22-14-8-11-19-10-5-6-12-20(19)22/h5-7,9-10,12-13,22H,8,11,14-16H2,1-4H3,(H,25,28)/t22-/m0/s1. The fraction of sp³-hybridized carbons (Fsp3) is 0.417. The molecule has 0 saturated carbocycles. The van der Waals surface area contributed by atoms with E-state index in [2.05, 4.69) is 23.5 Å². The van der Waals surface area contributed by atoms with Gasteiger partial charge in [-0.3, -0.25) is 14.5 Å². The molecule has 0 aliphatic heterocycles. The molecule has 3 rings (SSSR count). The van der Waals surface area contributed by atoms with Gasteiger partial charge in [0.25, 0.3) is 0 Å². The lowest BCUT2D eigenvalue weighted by atomic mass is 9.87. The number of hydrogen-bond acceptors (Lipinski definition) is 3. The summed E-state index contributed by atoms with van der Waals surface area (Å²) in [6.45, 7) is 4.41. The molecule has 0 bridgehead atoms. The Morgan fingerprint density at radius 2 is 1.79 bits per heavy atom. The van der Waals surface area contributed by atoms with E-state index >= 15 is 0 Å². The Balaban J connectivity index is 1.56. The van der Waals surface area contributed by atoms with Crippen molar-refractivity contribution in [2.45, 2.75) is 39.2 Å². The van der Waals surface area contributed by atoms with Gasteiger partial charge < -0.3 is 10.2 Å². The lowest BCUT2D eigenvalue weighted by Crippen LogP contribution is -2.41. The zero-order valence-electron chi connectivity index (χ0n) is 17.9. The molecule has 29 heavy (non-hydrogen) atoms. The van der Waals surface area contributed by atoms with Crippen LogP contribution in [-0.4, -0.2) is 48.8 Å². The number of anilines is 1. The van der Waals surface area contributed by atoms with Crippen molar-refractivity contribution in [1.29, 1.82) is 0 Å². The van der Waals surface area contributed by atoms with Crippen LogP contribution in [0.2, 0.25) is 0 Å². The molecule has 0 saturated heterocycles. The van der Waals surface area contributed by atoms with Crippen molar-refractivity contribution in [3.8, 4) is 0 Å². The first kappa shape index (κ1) is 21.1. The Hall–Kier alpha value is -2.66. The molecule has 5 heteroatoms. The second kappa shape index (κ2) is 9.23. The van der Waals surface area contributed by atoms with Gasteiger partial charge in [0.05, 0.1) is 19.1 Å². The topological polar surface area (TPSA) is 52.7 Å². The summed E-state index contributed by atoms with van der Waals surface area (Å²) in [7, 11) is 3.68. The van der Waals surface area contributed by atoms with Crippen molar-refractivity contribution in [2.75, 3.05) is 32.5 Å². The minimum atomic E-state index is -0.111.